The number of nitrogens with two attached hydrogens (primary N) is 1. The highest BCUT2D eigenvalue weighted by atomic mass is 35.5. The van der Waals surface area contributed by atoms with Crippen molar-refractivity contribution in [2.45, 2.75) is 19.8 Å². The third-order valence-electron chi connectivity index (χ3n) is 5.62. The van der Waals surface area contributed by atoms with Crippen molar-refractivity contribution in [1.29, 1.82) is 5.26 Å². The Kier molecular flexibility index (Phi) is 6.85. The highest BCUT2D eigenvalue weighted by Crippen LogP contribution is 2.44. The van der Waals surface area contributed by atoms with Crippen LogP contribution in [-0.2, 0) is 4.79 Å². The molecule has 0 spiro atoms. The van der Waals surface area contributed by atoms with E-state index in [2.05, 4.69) is 6.07 Å². The molecule has 0 saturated carbocycles. The second-order valence-corrected chi connectivity index (χ2v) is 8.41. The molecule has 4 rings (SSSR count). The maximum absolute atomic E-state index is 12.4. The van der Waals surface area contributed by atoms with Crippen LogP contribution in [0, 0.1) is 25.2 Å². The third-order valence-corrected chi connectivity index (χ3v) is 6.21. The smallest absolute Gasteiger partial charge is 0.349 e. The summed E-state index contributed by atoms with van der Waals surface area (Å²) in [6.45, 7) is 3.44. The van der Waals surface area contributed by atoms with E-state index in [1.54, 1.807) is 37.4 Å². The number of aryl methyl sites for hydroxylation is 2. The lowest BCUT2D eigenvalue weighted by Crippen LogP contribution is -2.21. The van der Waals surface area contributed by atoms with Crippen molar-refractivity contribution in [3.63, 3.8) is 0 Å². The normalized spacial score (nSPS) is 14.4. The van der Waals surface area contributed by atoms with Gasteiger partial charge in [0, 0.05) is 16.7 Å². The lowest BCUT2D eigenvalue weighted by molar-refractivity contribution is -0.136. The fourth-order valence-electron chi connectivity index (χ4n) is 3.96. The van der Waals surface area contributed by atoms with Gasteiger partial charge in [0.15, 0.2) is 6.61 Å². The van der Waals surface area contributed by atoms with Crippen molar-refractivity contribution in [1.82, 2.24) is 0 Å². The lowest BCUT2D eigenvalue weighted by atomic mass is 9.83. The van der Waals surface area contributed by atoms with Crippen LogP contribution in [0.15, 0.2) is 66.1 Å². The Labute approximate surface area is 208 Å². The number of hydrogen-bond acceptors (Lipinski definition) is 7. The molecule has 1 heterocycles. The Morgan fingerprint density at radius 2 is 1.83 bits per heavy atom. The number of carbonyl (C=O) groups excluding carboxylic acids is 1. The van der Waals surface area contributed by atoms with Gasteiger partial charge in [0.2, 0.25) is 5.88 Å². The Bertz CT molecular complexity index is 1350. The highest BCUT2D eigenvalue weighted by Gasteiger charge is 2.31. The van der Waals surface area contributed by atoms with Gasteiger partial charge < -0.3 is 24.7 Å². The minimum absolute atomic E-state index is 0.00638. The Hall–Kier alpha value is -4.15. The molecule has 0 bridgehead atoms. The van der Waals surface area contributed by atoms with E-state index in [1.807, 2.05) is 38.1 Å². The minimum Gasteiger partial charge on any atom is -0.497 e. The van der Waals surface area contributed by atoms with Gasteiger partial charge in [0.05, 0.1) is 13.0 Å². The Morgan fingerprint density at radius 1 is 1.09 bits per heavy atom. The summed E-state index contributed by atoms with van der Waals surface area (Å²) in [7, 11) is 1.58. The monoisotopic (exact) mass is 490 g/mol. The fraction of sp³-hybridized carbons (Fsp3) is 0.185. The van der Waals surface area contributed by atoms with Crippen LogP contribution in [0.1, 0.15) is 28.2 Å². The first-order valence-electron chi connectivity index (χ1n) is 10.8. The first kappa shape index (κ1) is 24.0. The molecular weight excluding hydrogens is 468 g/mol. The zero-order valence-corrected chi connectivity index (χ0v) is 20.2. The van der Waals surface area contributed by atoms with Gasteiger partial charge in [-0.25, -0.2) is 4.79 Å². The second kappa shape index (κ2) is 10.00. The standard InChI is InChI=1S/C27H23ClN2O5/c1-15-9-20(10-16(2)26(15)28)33-14-24(31)34-19-7-8-21-23(12-19)35-27(30)22(13-29)25(21)17-5-4-6-18(11-17)32-3/h4-12,25H,14,30H2,1-3H3. The van der Waals surface area contributed by atoms with Gasteiger partial charge in [-0.05, 0) is 60.9 Å². The van der Waals surface area contributed by atoms with Crippen LogP contribution in [0.25, 0.3) is 0 Å². The number of methoxy groups -OCH3 is 1. The maximum Gasteiger partial charge on any atom is 0.349 e. The summed E-state index contributed by atoms with van der Waals surface area (Å²) < 4.78 is 22.0. The second-order valence-electron chi connectivity index (χ2n) is 8.03. The molecule has 0 aliphatic carbocycles. The van der Waals surface area contributed by atoms with Gasteiger partial charge in [0.25, 0.3) is 0 Å². The summed E-state index contributed by atoms with van der Waals surface area (Å²) in [6.07, 6.45) is 0. The number of allylic oxidation sites excluding steroid dienone is 1. The van der Waals surface area contributed by atoms with E-state index in [9.17, 15) is 10.1 Å². The molecule has 0 saturated heterocycles. The molecule has 0 aromatic heterocycles. The van der Waals surface area contributed by atoms with Crippen molar-refractivity contribution < 1.29 is 23.7 Å². The van der Waals surface area contributed by atoms with E-state index in [4.69, 9.17) is 36.3 Å². The van der Waals surface area contributed by atoms with Crippen molar-refractivity contribution in [3.8, 4) is 29.1 Å². The van der Waals surface area contributed by atoms with Crippen LogP contribution >= 0.6 is 11.6 Å². The van der Waals surface area contributed by atoms with E-state index >= 15 is 0 Å². The van der Waals surface area contributed by atoms with E-state index in [0.717, 1.165) is 16.7 Å². The number of esters is 1. The molecule has 1 aliphatic heterocycles. The quantitative estimate of drug-likeness (QED) is 0.375. The van der Waals surface area contributed by atoms with Gasteiger partial charge in [0.1, 0.15) is 34.6 Å². The van der Waals surface area contributed by atoms with E-state index in [1.165, 1.54) is 0 Å². The van der Waals surface area contributed by atoms with E-state index in [0.29, 0.717) is 27.8 Å². The molecule has 0 amide bonds. The summed E-state index contributed by atoms with van der Waals surface area (Å²) >= 11 is 6.18. The number of carbonyl (C=O) groups is 1. The van der Waals surface area contributed by atoms with Gasteiger partial charge in [-0.2, -0.15) is 5.26 Å². The van der Waals surface area contributed by atoms with Crippen LogP contribution in [0.4, 0.5) is 0 Å². The average Bonchev–Trinajstić information content (AvgIpc) is 2.85. The molecule has 0 radical (unpaired) electrons. The van der Waals surface area contributed by atoms with Gasteiger partial charge in [-0.3, -0.25) is 0 Å². The van der Waals surface area contributed by atoms with Crippen molar-refractivity contribution >= 4 is 17.6 Å². The first-order chi connectivity index (χ1) is 16.8. The summed E-state index contributed by atoms with van der Waals surface area (Å²) in [6, 6.07) is 18.0. The van der Waals surface area contributed by atoms with E-state index < -0.39 is 11.9 Å². The van der Waals surface area contributed by atoms with Gasteiger partial charge in [-0.15, -0.1) is 0 Å². The largest absolute Gasteiger partial charge is 0.497 e. The van der Waals surface area contributed by atoms with Crippen LogP contribution in [0.5, 0.6) is 23.0 Å². The van der Waals surface area contributed by atoms with Crippen LogP contribution in [-0.4, -0.2) is 19.7 Å². The van der Waals surface area contributed by atoms with Crippen molar-refractivity contribution in [2.75, 3.05) is 13.7 Å². The van der Waals surface area contributed by atoms with Gasteiger partial charge in [-0.1, -0.05) is 29.8 Å². The summed E-state index contributed by atoms with van der Waals surface area (Å²) in [5.41, 5.74) is 9.60. The molecule has 8 heteroatoms. The van der Waals surface area contributed by atoms with Crippen LogP contribution in [0.2, 0.25) is 5.02 Å². The molecule has 3 aromatic rings. The molecule has 0 fully saturated rings. The molecule has 178 valence electrons. The summed E-state index contributed by atoms with van der Waals surface area (Å²) in [5.74, 6) is 0.789. The number of fused-ring (bicyclic) bond motifs is 1. The average molecular weight is 491 g/mol. The predicted octanol–water partition coefficient (Wildman–Crippen LogP) is 5.17. The number of nitriles is 1. The topological polar surface area (TPSA) is 104 Å². The number of hydrogen-bond donors (Lipinski definition) is 1. The SMILES string of the molecule is COc1cccc(C2C(C#N)=C(N)Oc3cc(OC(=O)COc4cc(C)c(Cl)c(C)c4)ccc32)c1. The number of benzene rings is 3. The molecular formula is C27H23ClN2O5. The van der Waals surface area contributed by atoms with Crippen LogP contribution < -0.4 is 24.7 Å². The number of nitrogens with zero attached hydrogens (tertiary/aromatic N) is 1. The third kappa shape index (κ3) is 5.03. The van der Waals surface area contributed by atoms with Crippen molar-refractivity contribution in [2.24, 2.45) is 5.73 Å². The molecule has 1 aliphatic rings. The Balaban J connectivity index is 1.54. The molecule has 1 unspecified atom stereocenters. The van der Waals surface area contributed by atoms with Crippen molar-refractivity contribution in [3.05, 3.63) is 93.3 Å². The first-order valence-corrected chi connectivity index (χ1v) is 11.1. The zero-order valence-electron chi connectivity index (χ0n) is 19.4. The summed E-state index contributed by atoms with van der Waals surface area (Å²) in [4.78, 5) is 12.4. The Morgan fingerprint density at radius 3 is 2.51 bits per heavy atom. The zero-order chi connectivity index (χ0) is 25.1. The number of ether oxygens (including phenoxy) is 4. The van der Waals surface area contributed by atoms with Crippen LogP contribution in [0.3, 0.4) is 0 Å². The van der Waals surface area contributed by atoms with E-state index in [-0.39, 0.29) is 23.8 Å². The van der Waals surface area contributed by atoms with Gasteiger partial charge >= 0.3 is 5.97 Å². The minimum atomic E-state index is -0.586. The number of halogens is 1. The molecule has 3 aromatic carbocycles. The fourth-order valence-corrected chi connectivity index (χ4v) is 4.06. The number of rotatable bonds is 6. The highest BCUT2D eigenvalue weighted by molar-refractivity contribution is 6.32. The molecule has 35 heavy (non-hydrogen) atoms. The lowest BCUT2D eigenvalue weighted by Gasteiger charge is -2.27. The molecule has 2 N–H and O–H groups in total. The summed E-state index contributed by atoms with van der Waals surface area (Å²) in [5, 5.41) is 10.4. The molecule has 7 nitrogen and oxygen atoms in total. The molecule has 1 atom stereocenters. The maximum atomic E-state index is 12.4. The predicted molar refractivity (Wildman–Crippen MR) is 131 cm³/mol.